The summed E-state index contributed by atoms with van der Waals surface area (Å²) in [5, 5.41) is 13.9. The number of pyridine rings is 1. The topological polar surface area (TPSA) is 97.9 Å². The van der Waals surface area contributed by atoms with E-state index in [0.29, 0.717) is 23.8 Å². The van der Waals surface area contributed by atoms with Crippen molar-refractivity contribution in [3.63, 3.8) is 0 Å². The lowest BCUT2D eigenvalue weighted by molar-refractivity contribution is -0.000752. The normalized spacial score (nSPS) is 17.6. The molecule has 202 valence electrons. The molecule has 1 atom stereocenters. The van der Waals surface area contributed by atoms with Gasteiger partial charge in [0.05, 0.1) is 17.8 Å². The molecule has 5 heterocycles. The standard InChI is InChI=1S/C28H30ClN7O3/c1-15-11-20(14-34-17(3)30-31-25(15)34)35-24(18-7-9-19(29)10-8-18)22-16(2)36(32-23(22)26(35)37)21-12-33(13-21)27(38)39-28(4,5)6/h7-11,14,21,24H,12-13H2,1-6H3. The van der Waals surface area contributed by atoms with Crippen molar-refractivity contribution in [1.29, 1.82) is 0 Å². The molecule has 2 aliphatic rings. The van der Waals surface area contributed by atoms with Crippen LogP contribution in [0, 0.1) is 20.8 Å². The van der Waals surface area contributed by atoms with Crippen molar-refractivity contribution in [2.75, 3.05) is 18.0 Å². The number of carbonyl (C=O) groups excluding carboxylic acids is 2. The second kappa shape index (κ2) is 8.81. The molecule has 0 bridgehead atoms. The number of hydrogen-bond donors (Lipinski definition) is 0. The molecule has 1 saturated heterocycles. The third-order valence-corrected chi connectivity index (χ3v) is 7.57. The fourth-order valence-corrected chi connectivity index (χ4v) is 5.55. The van der Waals surface area contributed by atoms with E-state index in [1.165, 1.54) is 0 Å². The number of aromatic nitrogens is 5. The average molecular weight is 548 g/mol. The number of carbonyl (C=O) groups is 2. The Bertz CT molecular complexity index is 1630. The van der Waals surface area contributed by atoms with Crippen LogP contribution in [0.3, 0.4) is 0 Å². The summed E-state index contributed by atoms with van der Waals surface area (Å²) >= 11 is 6.22. The molecule has 39 heavy (non-hydrogen) atoms. The number of rotatable bonds is 3. The van der Waals surface area contributed by atoms with Crippen molar-refractivity contribution in [1.82, 2.24) is 29.3 Å². The summed E-state index contributed by atoms with van der Waals surface area (Å²) in [6, 6.07) is 9.09. The molecule has 0 spiro atoms. The molecule has 1 unspecified atom stereocenters. The molecular weight excluding hydrogens is 518 g/mol. The molecule has 0 aliphatic carbocycles. The fourth-order valence-electron chi connectivity index (χ4n) is 5.43. The number of likely N-dealkylation sites (tertiary alicyclic amines) is 1. The number of ether oxygens (including phenoxy) is 1. The fraction of sp³-hybridized carbons (Fsp3) is 0.393. The first-order valence-corrected chi connectivity index (χ1v) is 13.3. The third-order valence-electron chi connectivity index (χ3n) is 7.32. The number of benzene rings is 1. The minimum Gasteiger partial charge on any atom is -0.444 e. The van der Waals surface area contributed by atoms with Gasteiger partial charge in [-0.25, -0.2) is 4.79 Å². The van der Waals surface area contributed by atoms with Gasteiger partial charge in [0.15, 0.2) is 11.3 Å². The quantitative estimate of drug-likeness (QED) is 0.356. The van der Waals surface area contributed by atoms with E-state index in [1.54, 1.807) is 9.80 Å². The summed E-state index contributed by atoms with van der Waals surface area (Å²) < 4.78 is 9.29. The van der Waals surface area contributed by atoms with Gasteiger partial charge in [0.1, 0.15) is 11.4 Å². The molecule has 1 fully saturated rings. The van der Waals surface area contributed by atoms with E-state index < -0.39 is 11.6 Å². The summed E-state index contributed by atoms with van der Waals surface area (Å²) in [7, 11) is 0. The molecule has 6 rings (SSSR count). The van der Waals surface area contributed by atoms with Gasteiger partial charge in [-0.05, 0) is 70.9 Å². The molecule has 3 aromatic heterocycles. The van der Waals surface area contributed by atoms with E-state index in [9.17, 15) is 9.59 Å². The van der Waals surface area contributed by atoms with Gasteiger partial charge in [0.2, 0.25) is 0 Å². The number of aryl methyl sites for hydroxylation is 2. The van der Waals surface area contributed by atoms with Crippen LogP contribution in [0.1, 0.15) is 71.6 Å². The van der Waals surface area contributed by atoms with Gasteiger partial charge in [-0.2, -0.15) is 5.10 Å². The van der Waals surface area contributed by atoms with Crippen LogP contribution in [-0.4, -0.2) is 60.0 Å². The highest BCUT2D eigenvalue weighted by Crippen LogP contribution is 2.44. The Balaban J connectivity index is 1.39. The Hall–Kier alpha value is -3.92. The van der Waals surface area contributed by atoms with Crippen molar-refractivity contribution in [2.45, 2.75) is 59.2 Å². The number of amides is 2. The maximum atomic E-state index is 14.0. The molecular formula is C28H30ClN7O3. The summed E-state index contributed by atoms with van der Waals surface area (Å²) in [5.41, 5.74) is 4.95. The SMILES string of the molecule is Cc1cc(N2C(=O)c3nn(C4CN(C(=O)OC(C)(C)C)C4)c(C)c3C2c2ccc(Cl)cc2)cn2c(C)nnc12. The van der Waals surface area contributed by atoms with Crippen molar-refractivity contribution in [3.8, 4) is 0 Å². The summed E-state index contributed by atoms with van der Waals surface area (Å²) in [6.45, 7) is 12.3. The summed E-state index contributed by atoms with van der Waals surface area (Å²) in [6.07, 6.45) is 1.56. The zero-order chi connectivity index (χ0) is 27.8. The molecule has 0 saturated carbocycles. The molecule has 1 aromatic carbocycles. The van der Waals surface area contributed by atoms with E-state index in [0.717, 1.165) is 39.5 Å². The van der Waals surface area contributed by atoms with Gasteiger partial charge < -0.3 is 9.64 Å². The van der Waals surface area contributed by atoms with Crippen LogP contribution in [0.4, 0.5) is 10.5 Å². The predicted molar refractivity (Wildman–Crippen MR) is 146 cm³/mol. The minimum atomic E-state index is -0.556. The average Bonchev–Trinajstić information content (AvgIpc) is 3.45. The van der Waals surface area contributed by atoms with Crippen molar-refractivity contribution in [3.05, 3.63) is 75.5 Å². The lowest BCUT2D eigenvalue weighted by Crippen LogP contribution is -2.52. The van der Waals surface area contributed by atoms with Crippen LogP contribution < -0.4 is 4.90 Å². The highest BCUT2D eigenvalue weighted by atomic mass is 35.5. The number of nitrogens with zero attached hydrogens (tertiary/aromatic N) is 7. The van der Waals surface area contributed by atoms with E-state index in [1.807, 2.05) is 87.2 Å². The second-order valence-corrected chi connectivity index (χ2v) is 11.7. The summed E-state index contributed by atoms with van der Waals surface area (Å²) in [5.74, 6) is 0.558. The molecule has 2 aliphatic heterocycles. The lowest BCUT2D eigenvalue weighted by Gasteiger charge is -2.40. The van der Waals surface area contributed by atoms with Crippen LogP contribution >= 0.6 is 11.6 Å². The molecule has 0 radical (unpaired) electrons. The molecule has 4 aromatic rings. The first kappa shape index (κ1) is 25.4. The Morgan fingerprint density at radius 1 is 1.08 bits per heavy atom. The maximum Gasteiger partial charge on any atom is 0.410 e. The number of anilines is 1. The summed E-state index contributed by atoms with van der Waals surface area (Å²) in [4.78, 5) is 30.0. The zero-order valence-corrected chi connectivity index (χ0v) is 23.5. The Kier molecular flexibility index (Phi) is 5.73. The van der Waals surface area contributed by atoms with Gasteiger partial charge >= 0.3 is 6.09 Å². The first-order chi connectivity index (χ1) is 18.4. The van der Waals surface area contributed by atoms with Crippen molar-refractivity contribution >= 4 is 34.9 Å². The van der Waals surface area contributed by atoms with E-state index >= 15 is 0 Å². The van der Waals surface area contributed by atoms with Crippen LogP contribution in [-0.2, 0) is 4.74 Å². The zero-order valence-electron chi connectivity index (χ0n) is 22.8. The lowest BCUT2D eigenvalue weighted by atomic mass is 9.98. The van der Waals surface area contributed by atoms with E-state index in [2.05, 4.69) is 10.2 Å². The van der Waals surface area contributed by atoms with Gasteiger partial charge in [-0.1, -0.05) is 23.7 Å². The van der Waals surface area contributed by atoms with Crippen molar-refractivity contribution < 1.29 is 14.3 Å². The van der Waals surface area contributed by atoms with Crippen molar-refractivity contribution in [2.24, 2.45) is 0 Å². The smallest absolute Gasteiger partial charge is 0.410 e. The van der Waals surface area contributed by atoms with E-state index in [-0.39, 0.29) is 18.0 Å². The van der Waals surface area contributed by atoms with Gasteiger partial charge in [0, 0.05) is 35.6 Å². The van der Waals surface area contributed by atoms with Crippen LogP contribution in [0.2, 0.25) is 5.02 Å². The molecule has 0 N–H and O–H groups in total. The number of hydrogen-bond acceptors (Lipinski definition) is 6. The van der Waals surface area contributed by atoms with Gasteiger partial charge in [0.25, 0.3) is 5.91 Å². The second-order valence-electron chi connectivity index (χ2n) is 11.3. The first-order valence-electron chi connectivity index (χ1n) is 12.9. The molecule has 10 nitrogen and oxygen atoms in total. The van der Waals surface area contributed by atoms with E-state index in [4.69, 9.17) is 21.4 Å². The molecule has 2 amide bonds. The highest BCUT2D eigenvalue weighted by molar-refractivity contribution is 6.30. The monoisotopic (exact) mass is 547 g/mol. The Morgan fingerprint density at radius 3 is 2.44 bits per heavy atom. The largest absolute Gasteiger partial charge is 0.444 e. The predicted octanol–water partition coefficient (Wildman–Crippen LogP) is 5.05. The van der Waals surface area contributed by atoms with Crippen LogP contribution in [0.5, 0.6) is 0 Å². The highest BCUT2D eigenvalue weighted by Gasteiger charge is 2.46. The van der Waals surface area contributed by atoms with Crippen LogP contribution in [0.15, 0.2) is 36.5 Å². The minimum absolute atomic E-state index is 0.0338. The van der Waals surface area contributed by atoms with Gasteiger partial charge in [-0.15, -0.1) is 10.2 Å². The molecule has 11 heteroatoms. The Morgan fingerprint density at radius 2 is 1.77 bits per heavy atom. The third kappa shape index (κ3) is 4.14. The number of halogens is 1. The maximum absolute atomic E-state index is 14.0. The Labute approximate surface area is 231 Å². The van der Waals surface area contributed by atoms with Gasteiger partial charge in [-0.3, -0.25) is 18.8 Å². The number of fused-ring (bicyclic) bond motifs is 2. The van der Waals surface area contributed by atoms with Crippen LogP contribution in [0.25, 0.3) is 5.65 Å².